The van der Waals surface area contributed by atoms with Crippen molar-refractivity contribution in [3.8, 4) is 0 Å². The molecule has 0 aliphatic heterocycles. The van der Waals surface area contributed by atoms with Gasteiger partial charge in [-0.15, -0.1) is 11.3 Å². The normalized spacial score (nSPS) is 16.9. The number of nitrogens with one attached hydrogen (secondary N) is 2. The van der Waals surface area contributed by atoms with Crippen LogP contribution in [0.3, 0.4) is 0 Å². The molecule has 1 aliphatic rings. The van der Waals surface area contributed by atoms with Gasteiger partial charge in [0.15, 0.2) is 0 Å². The van der Waals surface area contributed by atoms with E-state index in [9.17, 15) is 9.59 Å². The Balaban J connectivity index is 1.70. The molecule has 1 amide bonds. The van der Waals surface area contributed by atoms with E-state index in [2.05, 4.69) is 17.6 Å². The van der Waals surface area contributed by atoms with Gasteiger partial charge in [-0.2, -0.15) is 0 Å². The molecule has 28 heavy (non-hydrogen) atoms. The number of anilines is 1. The van der Waals surface area contributed by atoms with E-state index >= 15 is 0 Å². The zero-order chi connectivity index (χ0) is 20.1. The lowest BCUT2D eigenvalue weighted by molar-refractivity contribution is -0.115. The minimum atomic E-state index is -0.338. The molecule has 2 atom stereocenters. The number of carbonyl (C=O) groups excluding carboxylic acids is 2. The molecule has 1 aromatic heterocycles. The predicted molar refractivity (Wildman–Crippen MR) is 113 cm³/mol. The van der Waals surface area contributed by atoms with E-state index in [0.29, 0.717) is 23.1 Å². The Bertz CT molecular complexity index is 832. The standard InChI is InChI=1S/C22H28N2O3S/c1-4-27-22(26)20-17-11-10-14(2)12-18(17)28-21(20)24-19(25)13-23-15(3)16-8-6-5-7-9-16/h5-9,14-15,23H,4,10-13H2,1-3H3,(H,24,25)/t14-,15-/m1/s1. The summed E-state index contributed by atoms with van der Waals surface area (Å²) in [6.07, 6.45) is 2.87. The van der Waals surface area contributed by atoms with Crippen LogP contribution < -0.4 is 10.6 Å². The lowest BCUT2D eigenvalue weighted by Crippen LogP contribution is -2.30. The van der Waals surface area contributed by atoms with E-state index in [1.54, 1.807) is 6.92 Å². The van der Waals surface area contributed by atoms with Gasteiger partial charge in [0.05, 0.1) is 18.7 Å². The second-order valence-electron chi connectivity index (χ2n) is 7.34. The molecule has 1 heterocycles. The summed E-state index contributed by atoms with van der Waals surface area (Å²) in [5, 5.41) is 6.80. The quantitative estimate of drug-likeness (QED) is 0.679. The maximum atomic E-state index is 12.5. The van der Waals surface area contributed by atoms with Crippen molar-refractivity contribution in [2.45, 2.75) is 46.1 Å². The summed E-state index contributed by atoms with van der Waals surface area (Å²) in [4.78, 5) is 26.3. The van der Waals surface area contributed by atoms with Gasteiger partial charge >= 0.3 is 5.97 Å². The van der Waals surface area contributed by atoms with Crippen LogP contribution in [0.1, 0.15) is 59.6 Å². The monoisotopic (exact) mass is 400 g/mol. The van der Waals surface area contributed by atoms with Gasteiger partial charge in [0, 0.05) is 10.9 Å². The average molecular weight is 401 g/mol. The van der Waals surface area contributed by atoms with Crippen LogP contribution in [0.5, 0.6) is 0 Å². The van der Waals surface area contributed by atoms with Crippen molar-refractivity contribution in [3.63, 3.8) is 0 Å². The number of rotatable bonds is 7. The van der Waals surface area contributed by atoms with Crippen LogP contribution in [0.4, 0.5) is 5.00 Å². The van der Waals surface area contributed by atoms with Crippen LogP contribution in [-0.4, -0.2) is 25.0 Å². The van der Waals surface area contributed by atoms with Crippen molar-refractivity contribution < 1.29 is 14.3 Å². The minimum Gasteiger partial charge on any atom is -0.462 e. The predicted octanol–water partition coefficient (Wildman–Crippen LogP) is 4.34. The third kappa shape index (κ3) is 4.80. The summed E-state index contributed by atoms with van der Waals surface area (Å²) >= 11 is 1.52. The zero-order valence-electron chi connectivity index (χ0n) is 16.7. The molecule has 5 nitrogen and oxygen atoms in total. The maximum absolute atomic E-state index is 12.5. The number of carbonyl (C=O) groups is 2. The largest absolute Gasteiger partial charge is 0.462 e. The highest BCUT2D eigenvalue weighted by molar-refractivity contribution is 7.17. The first-order chi connectivity index (χ1) is 13.5. The number of hydrogen-bond donors (Lipinski definition) is 2. The highest BCUT2D eigenvalue weighted by atomic mass is 32.1. The summed E-state index contributed by atoms with van der Waals surface area (Å²) in [6.45, 7) is 6.55. The van der Waals surface area contributed by atoms with Gasteiger partial charge in [0.2, 0.25) is 5.91 Å². The molecule has 1 aromatic carbocycles. The smallest absolute Gasteiger partial charge is 0.341 e. The molecule has 0 spiro atoms. The van der Waals surface area contributed by atoms with Crippen molar-refractivity contribution in [2.24, 2.45) is 5.92 Å². The van der Waals surface area contributed by atoms with Gasteiger partial charge in [-0.3, -0.25) is 4.79 Å². The molecule has 0 saturated heterocycles. The Kier molecular flexibility index (Phi) is 6.86. The Hall–Kier alpha value is -2.18. The second-order valence-corrected chi connectivity index (χ2v) is 8.44. The Morgan fingerprint density at radius 3 is 2.75 bits per heavy atom. The highest BCUT2D eigenvalue weighted by Crippen LogP contribution is 2.40. The van der Waals surface area contributed by atoms with E-state index in [4.69, 9.17) is 4.74 Å². The van der Waals surface area contributed by atoms with Gasteiger partial charge in [0.1, 0.15) is 5.00 Å². The minimum absolute atomic E-state index is 0.0638. The molecule has 0 bridgehead atoms. The first-order valence-electron chi connectivity index (χ1n) is 9.89. The van der Waals surface area contributed by atoms with Gasteiger partial charge in [-0.25, -0.2) is 4.79 Å². The number of esters is 1. The van der Waals surface area contributed by atoms with E-state index in [-0.39, 0.29) is 24.5 Å². The number of thiophene rings is 1. The lowest BCUT2D eigenvalue weighted by Gasteiger charge is -2.18. The molecule has 6 heteroatoms. The second kappa shape index (κ2) is 9.34. The molecule has 0 fully saturated rings. The van der Waals surface area contributed by atoms with Crippen LogP contribution >= 0.6 is 11.3 Å². The summed E-state index contributed by atoms with van der Waals surface area (Å²) in [7, 11) is 0. The van der Waals surface area contributed by atoms with Crippen molar-refractivity contribution in [1.29, 1.82) is 0 Å². The third-order valence-electron chi connectivity index (χ3n) is 5.11. The van der Waals surface area contributed by atoms with E-state index < -0.39 is 0 Å². The molecule has 3 rings (SSSR count). The summed E-state index contributed by atoms with van der Waals surface area (Å²) < 4.78 is 5.26. The van der Waals surface area contributed by atoms with E-state index in [0.717, 1.165) is 30.4 Å². The average Bonchev–Trinajstić information content (AvgIpc) is 3.03. The molecule has 2 aromatic rings. The number of fused-ring (bicyclic) bond motifs is 1. The van der Waals surface area contributed by atoms with Gasteiger partial charge < -0.3 is 15.4 Å². The molecule has 1 aliphatic carbocycles. The lowest BCUT2D eigenvalue weighted by atomic mass is 9.88. The maximum Gasteiger partial charge on any atom is 0.341 e. The molecule has 2 N–H and O–H groups in total. The van der Waals surface area contributed by atoms with Gasteiger partial charge in [-0.05, 0) is 50.2 Å². The Morgan fingerprint density at radius 1 is 1.29 bits per heavy atom. The van der Waals surface area contributed by atoms with Crippen LogP contribution in [-0.2, 0) is 22.4 Å². The molecular weight excluding hydrogens is 372 g/mol. The summed E-state index contributed by atoms with van der Waals surface area (Å²) in [5.41, 5.74) is 2.74. The van der Waals surface area contributed by atoms with Gasteiger partial charge in [-0.1, -0.05) is 37.3 Å². The number of hydrogen-bond acceptors (Lipinski definition) is 5. The fraction of sp³-hybridized carbons (Fsp3) is 0.455. The van der Waals surface area contributed by atoms with Crippen LogP contribution in [0.15, 0.2) is 30.3 Å². The van der Waals surface area contributed by atoms with Gasteiger partial charge in [0.25, 0.3) is 0 Å². The van der Waals surface area contributed by atoms with E-state index in [1.165, 1.54) is 16.2 Å². The van der Waals surface area contributed by atoms with Crippen molar-refractivity contribution in [3.05, 3.63) is 51.9 Å². The number of amides is 1. The third-order valence-corrected chi connectivity index (χ3v) is 6.28. The first-order valence-corrected chi connectivity index (χ1v) is 10.7. The number of benzene rings is 1. The SMILES string of the molecule is CCOC(=O)c1c(NC(=O)CN[C@H](C)c2ccccc2)sc2c1CC[C@@H](C)C2. The molecule has 0 unspecified atom stereocenters. The van der Waals surface area contributed by atoms with E-state index in [1.807, 2.05) is 37.3 Å². The number of ether oxygens (including phenoxy) is 1. The fourth-order valence-corrected chi connectivity index (χ4v) is 4.95. The van der Waals surface area contributed by atoms with Crippen LogP contribution in [0, 0.1) is 5.92 Å². The van der Waals surface area contributed by atoms with Crippen molar-refractivity contribution in [2.75, 3.05) is 18.5 Å². The molecular formula is C22H28N2O3S. The fourth-order valence-electron chi connectivity index (χ4n) is 3.53. The topological polar surface area (TPSA) is 67.4 Å². The van der Waals surface area contributed by atoms with Crippen LogP contribution in [0.2, 0.25) is 0 Å². The van der Waals surface area contributed by atoms with Crippen molar-refractivity contribution >= 4 is 28.2 Å². The van der Waals surface area contributed by atoms with Crippen LogP contribution in [0.25, 0.3) is 0 Å². The molecule has 0 saturated carbocycles. The Labute approximate surface area is 170 Å². The molecule has 0 radical (unpaired) electrons. The summed E-state index contributed by atoms with van der Waals surface area (Å²) in [5.74, 6) is 0.105. The van der Waals surface area contributed by atoms with Crippen molar-refractivity contribution in [1.82, 2.24) is 5.32 Å². The first kappa shape index (κ1) is 20.6. The zero-order valence-corrected chi connectivity index (χ0v) is 17.5. The molecule has 150 valence electrons. The summed E-state index contributed by atoms with van der Waals surface area (Å²) in [6, 6.07) is 10.1. The highest BCUT2D eigenvalue weighted by Gasteiger charge is 2.29. The Morgan fingerprint density at radius 2 is 2.04 bits per heavy atom.